The molecule has 0 saturated carbocycles. The number of ether oxygens (including phenoxy) is 2. The van der Waals surface area contributed by atoms with Gasteiger partial charge in [-0.25, -0.2) is 0 Å². The van der Waals surface area contributed by atoms with E-state index < -0.39 is 0 Å². The fourth-order valence-corrected chi connectivity index (χ4v) is 1.82. The van der Waals surface area contributed by atoms with E-state index in [1.54, 1.807) is 18.2 Å². The number of nitrogens with zero attached hydrogens (tertiary/aromatic N) is 1. The predicted octanol–water partition coefficient (Wildman–Crippen LogP) is 2.47. The van der Waals surface area contributed by atoms with E-state index in [-0.39, 0.29) is 17.8 Å². The number of rotatable bonds is 5. The summed E-state index contributed by atoms with van der Waals surface area (Å²) in [5, 5.41) is 0. The lowest BCUT2D eigenvalue weighted by molar-refractivity contribution is -0.116. The smallest absolute Gasteiger partial charge is 0.243 e. The molecular weight excluding hydrogens is 265 g/mol. The number of amides is 1. The first-order valence-corrected chi connectivity index (χ1v) is 5.89. The van der Waals surface area contributed by atoms with Crippen LogP contribution in [0.5, 0.6) is 11.5 Å². The van der Waals surface area contributed by atoms with E-state index in [0.717, 1.165) is 0 Å². The number of alkyl halides is 2. The number of carbonyl (C=O) groups is 1. The molecule has 0 aliphatic carbocycles. The van der Waals surface area contributed by atoms with Crippen molar-refractivity contribution in [2.45, 2.75) is 0 Å². The first-order chi connectivity index (χ1) is 8.19. The molecule has 6 heteroatoms. The number of hydrogen-bond donors (Lipinski definition) is 0. The van der Waals surface area contributed by atoms with Gasteiger partial charge >= 0.3 is 0 Å². The summed E-state index contributed by atoms with van der Waals surface area (Å²) in [4.78, 5) is 13.0. The minimum Gasteiger partial charge on any atom is -0.494 e. The Morgan fingerprint density at radius 2 is 1.76 bits per heavy atom. The highest BCUT2D eigenvalue weighted by molar-refractivity contribution is 6.31. The van der Waals surface area contributed by atoms with Crippen molar-refractivity contribution in [2.24, 2.45) is 0 Å². The SMILES string of the molecule is COc1cccc(OC)c1N(CCl)C(=O)CCl. The normalized spacial score (nSPS) is 9.88. The lowest BCUT2D eigenvalue weighted by Gasteiger charge is -2.23. The van der Waals surface area contributed by atoms with Crippen LogP contribution in [0.2, 0.25) is 0 Å². The van der Waals surface area contributed by atoms with E-state index in [9.17, 15) is 4.79 Å². The van der Waals surface area contributed by atoms with E-state index in [0.29, 0.717) is 17.2 Å². The van der Waals surface area contributed by atoms with E-state index in [4.69, 9.17) is 32.7 Å². The summed E-state index contributed by atoms with van der Waals surface area (Å²) in [6.07, 6.45) is 0. The van der Waals surface area contributed by atoms with Crippen molar-refractivity contribution < 1.29 is 14.3 Å². The van der Waals surface area contributed by atoms with Crippen molar-refractivity contribution in [1.29, 1.82) is 0 Å². The number of methoxy groups -OCH3 is 2. The van der Waals surface area contributed by atoms with Crippen LogP contribution >= 0.6 is 23.2 Å². The average molecular weight is 278 g/mol. The Kier molecular flexibility index (Phi) is 5.38. The number of para-hydroxylation sites is 1. The summed E-state index contributed by atoms with van der Waals surface area (Å²) in [6.45, 7) is 0. The van der Waals surface area contributed by atoms with E-state index in [2.05, 4.69) is 0 Å². The van der Waals surface area contributed by atoms with Gasteiger partial charge in [-0.05, 0) is 12.1 Å². The Labute approximate surface area is 110 Å². The molecule has 1 aromatic rings. The van der Waals surface area contributed by atoms with Crippen LogP contribution in [0.15, 0.2) is 18.2 Å². The molecule has 17 heavy (non-hydrogen) atoms. The van der Waals surface area contributed by atoms with Gasteiger partial charge in [0.05, 0.1) is 14.2 Å². The fourth-order valence-electron chi connectivity index (χ4n) is 1.42. The summed E-state index contributed by atoms with van der Waals surface area (Å²) in [5.74, 6) is 0.532. The second-order valence-electron chi connectivity index (χ2n) is 3.09. The second kappa shape index (κ2) is 6.57. The van der Waals surface area contributed by atoms with Gasteiger partial charge in [-0.1, -0.05) is 6.07 Å². The van der Waals surface area contributed by atoms with E-state index in [1.165, 1.54) is 19.1 Å². The predicted molar refractivity (Wildman–Crippen MR) is 68.5 cm³/mol. The Hall–Kier alpha value is -1.13. The zero-order valence-electron chi connectivity index (χ0n) is 9.57. The molecule has 0 atom stereocenters. The molecule has 4 nitrogen and oxygen atoms in total. The third-order valence-electron chi connectivity index (χ3n) is 2.21. The van der Waals surface area contributed by atoms with E-state index >= 15 is 0 Å². The van der Waals surface area contributed by atoms with Gasteiger partial charge in [-0.2, -0.15) is 0 Å². The average Bonchev–Trinajstić information content (AvgIpc) is 2.39. The van der Waals surface area contributed by atoms with Crippen molar-refractivity contribution in [1.82, 2.24) is 0 Å². The Morgan fingerprint density at radius 3 is 2.12 bits per heavy atom. The fraction of sp³-hybridized carbons (Fsp3) is 0.364. The van der Waals surface area contributed by atoms with Crippen LogP contribution < -0.4 is 14.4 Å². The summed E-state index contributed by atoms with van der Waals surface area (Å²) < 4.78 is 10.4. The van der Waals surface area contributed by atoms with Gasteiger partial charge in [0.2, 0.25) is 5.91 Å². The number of benzene rings is 1. The first kappa shape index (κ1) is 13.9. The maximum Gasteiger partial charge on any atom is 0.243 e. The molecule has 0 fully saturated rings. The third-order valence-corrected chi connectivity index (χ3v) is 2.67. The van der Waals surface area contributed by atoms with Crippen LogP contribution in [0, 0.1) is 0 Å². The molecule has 94 valence electrons. The molecule has 1 aromatic carbocycles. The topological polar surface area (TPSA) is 38.8 Å². The Balaban J connectivity index is 3.29. The molecule has 1 rings (SSSR count). The molecular formula is C11H13Cl2NO3. The highest BCUT2D eigenvalue weighted by Gasteiger charge is 2.21. The van der Waals surface area contributed by atoms with Crippen LogP contribution in [-0.4, -0.2) is 32.0 Å². The largest absolute Gasteiger partial charge is 0.494 e. The van der Waals surface area contributed by atoms with Gasteiger partial charge in [0.1, 0.15) is 29.1 Å². The summed E-state index contributed by atoms with van der Waals surface area (Å²) in [5.41, 5.74) is 0.484. The van der Waals surface area contributed by atoms with Gasteiger partial charge < -0.3 is 9.47 Å². The summed E-state index contributed by atoms with van der Waals surface area (Å²) >= 11 is 11.3. The van der Waals surface area contributed by atoms with Crippen molar-refractivity contribution in [2.75, 3.05) is 31.0 Å². The van der Waals surface area contributed by atoms with E-state index in [1.807, 2.05) is 0 Å². The molecule has 0 aliphatic heterocycles. The third kappa shape index (κ3) is 2.96. The van der Waals surface area contributed by atoms with Gasteiger partial charge in [0.25, 0.3) is 0 Å². The lowest BCUT2D eigenvalue weighted by atomic mass is 10.2. The standard InChI is InChI=1S/C11H13Cl2NO3/c1-16-8-4-3-5-9(17-2)11(8)14(7-13)10(15)6-12/h3-5H,6-7H2,1-2H3. The number of carbonyl (C=O) groups excluding carboxylic acids is 1. The van der Waals surface area contributed by atoms with Gasteiger partial charge in [0.15, 0.2) is 0 Å². The van der Waals surface area contributed by atoms with Crippen LogP contribution in [0.4, 0.5) is 5.69 Å². The zero-order chi connectivity index (χ0) is 12.8. The highest BCUT2D eigenvalue weighted by atomic mass is 35.5. The monoisotopic (exact) mass is 277 g/mol. The molecule has 0 unspecified atom stereocenters. The molecule has 0 radical (unpaired) electrons. The molecule has 0 aromatic heterocycles. The maximum absolute atomic E-state index is 11.7. The molecule has 0 saturated heterocycles. The van der Waals surface area contributed by atoms with Crippen molar-refractivity contribution >= 4 is 34.8 Å². The summed E-state index contributed by atoms with van der Waals surface area (Å²) in [6, 6.07) is 5.18. The molecule has 0 aliphatic rings. The Bertz CT molecular complexity index is 376. The van der Waals surface area contributed by atoms with Crippen LogP contribution in [0.1, 0.15) is 0 Å². The van der Waals surface area contributed by atoms with Crippen molar-refractivity contribution in [3.63, 3.8) is 0 Å². The molecule has 0 bridgehead atoms. The number of anilines is 1. The molecule has 0 spiro atoms. The molecule has 0 N–H and O–H groups in total. The van der Waals surface area contributed by atoms with Crippen molar-refractivity contribution in [3.05, 3.63) is 18.2 Å². The zero-order valence-corrected chi connectivity index (χ0v) is 11.1. The van der Waals surface area contributed by atoms with Crippen molar-refractivity contribution in [3.8, 4) is 11.5 Å². The first-order valence-electron chi connectivity index (χ1n) is 4.82. The molecule has 1 amide bonds. The van der Waals surface area contributed by atoms with Gasteiger partial charge in [-0.15, -0.1) is 23.2 Å². The maximum atomic E-state index is 11.7. The molecule has 0 heterocycles. The Morgan fingerprint density at radius 1 is 1.24 bits per heavy atom. The van der Waals surface area contributed by atoms with Gasteiger partial charge in [-0.3, -0.25) is 9.69 Å². The van der Waals surface area contributed by atoms with Gasteiger partial charge in [0, 0.05) is 0 Å². The lowest BCUT2D eigenvalue weighted by Crippen LogP contribution is -2.31. The minimum absolute atomic E-state index is 0.0255. The number of hydrogen-bond acceptors (Lipinski definition) is 3. The highest BCUT2D eigenvalue weighted by Crippen LogP contribution is 2.37. The number of halogens is 2. The van der Waals surface area contributed by atoms with Crippen LogP contribution in [-0.2, 0) is 4.79 Å². The quantitative estimate of drug-likeness (QED) is 0.613. The van der Waals surface area contributed by atoms with Crippen LogP contribution in [0.3, 0.4) is 0 Å². The minimum atomic E-state index is -0.315. The van der Waals surface area contributed by atoms with Crippen LogP contribution in [0.25, 0.3) is 0 Å². The second-order valence-corrected chi connectivity index (χ2v) is 3.59. The summed E-state index contributed by atoms with van der Waals surface area (Å²) in [7, 11) is 3.02.